The average Bonchev–Trinajstić information content (AvgIpc) is 3.45. The Bertz CT molecular complexity index is 905. The number of aliphatic hydroxyl groups excluding tert-OH is 2. The van der Waals surface area contributed by atoms with Crippen LogP contribution in [0.4, 0.5) is 0 Å². The molecule has 0 aromatic heterocycles. The van der Waals surface area contributed by atoms with Gasteiger partial charge >= 0.3 is 5.97 Å². The smallest absolute Gasteiger partial charge is 0.305 e. The fourth-order valence-corrected chi connectivity index (χ4v) is 8.56. The largest absolute Gasteiger partial charge is 0.462 e. The Morgan fingerprint density at radius 1 is 1.08 bits per heavy atom. The molecule has 5 aliphatic rings. The summed E-state index contributed by atoms with van der Waals surface area (Å²) in [6.07, 6.45) is 11.1. The first-order valence-corrected chi connectivity index (χ1v) is 14.0. The molecule has 3 N–H and O–H groups in total. The molecule has 36 heavy (non-hydrogen) atoms. The number of allylic oxidation sites excluding steroid dienone is 1. The van der Waals surface area contributed by atoms with Crippen molar-refractivity contribution in [2.24, 2.45) is 28.6 Å². The fourth-order valence-electron chi connectivity index (χ4n) is 8.56. The second kappa shape index (κ2) is 10.3. The van der Waals surface area contributed by atoms with E-state index in [1.165, 1.54) is 18.4 Å². The molecule has 0 unspecified atom stereocenters. The molecule has 7 atom stereocenters. The summed E-state index contributed by atoms with van der Waals surface area (Å²) in [5.74, 6) is 0.0908. The van der Waals surface area contributed by atoms with E-state index in [0.29, 0.717) is 25.7 Å². The van der Waals surface area contributed by atoms with Gasteiger partial charge in [0.15, 0.2) is 11.6 Å². The highest BCUT2D eigenvalue weighted by Crippen LogP contribution is 2.67. The lowest BCUT2D eigenvalue weighted by Crippen LogP contribution is -2.62. The van der Waals surface area contributed by atoms with Crippen LogP contribution >= 0.6 is 0 Å². The zero-order valence-corrected chi connectivity index (χ0v) is 22.1. The Balaban J connectivity index is 0.000000256. The third kappa shape index (κ3) is 4.49. The number of ketones is 2. The summed E-state index contributed by atoms with van der Waals surface area (Å²) in [6.45, 7) is 5.29. The number of esters is 1. The number of carbonyl (C=O) groups is 3. The molecule has 4 fully saturated rings. The number of fused-ring (bicyclic) bond motifs is 5. The van der Waals surface area contributed by atoms with Crippen LogP contribution in [0, 0.1) is 28.6 Å². The molecule has 5 rings (SSSR count). The maximum Gasteiger partial charge on any atom is 0.305 e. The molecule has 0 saturated heterocycles. The van der Waals surface area contributed by atoms with Gasteiger partial charge in [-0.1, -0.05) is 26.3 Å². The van der Waals surface area contributed by atoms with Gasteiger partial charge in [-0.05, 0) is 93.5 Å². The molecule has 0 aromatic carbocycles. The monoisotopic (exact) mass is 504 g/mol. The maximum absolute atomic E-state index is 12.4. The highest BCUT2D eigenvalue weighted by Gasteiger charge is 2.68. The van der Waals surface area contributed by atoms with Gasteiger partial charge in [0.2, 0.25) is 0 Å². The Hall–Kier alpha value is -1.57. The molecule has 0 radical (unpaired) electrons. The molecule has 5 aliphatic carbocycles. The summed E-state index contributed by atoms with van der Waals surface area (Å²) in [5.41, 5.74) is -1.23. The van der Waals surface area contributed by atoms with Gasteiger partial charge in [-0.2, -0.15) is 0 Å². The predicted molar refractivity (Wildman–Crippen MR) is 134 cm³/mol. The van der Waals surface area contributed by atoms with Crippen LogP contribution in [-0.4, -0.2) is 57.3 Å². The topological polar surface area (TPSA) is 121 Å². The van der Waals surface area contributed by atoms with Crippen LogP contribution < -0.4 is 0 Å². The van der Waals surface area contributed by atoms with Gasteiger partial charge in [0.1, 0.15) is 18.3 Å². The second-order valence-corrected chi connectivity index (χ2v) is 12.3. The Kier molecular flexibility index (Phi) is 7.86. The van der Waals surface area contributed by atoms with Crippen LogP contribution in [-0.2, 0) is 19.1 Å². The lowest BCUT2D eigenvalue weighted by atomic mass is 9.45. The van der Waals surface area contributed by atoms with Crippen molar-refractivity contribution in [1.82, 2.24) is 0 Å². The van der Waals surface area contributed by atoms with E-state index in [0.717, 1.165) is 38.5 Å². The van der Waals surface area contributed by atoms with E-state index in [4.69, 9.17) is 4.74 Å². The summed E-state index contributed by atoms with van der Waals surface area (Å²) in [5, 5.41) is 31.7. The van der Waals surface area contributed by atoms with Crippen molar-refractivity contribution in [3.63, 3.8) is 0 Å². The lowest BCUT2D eigenvalue weighted by Gasteiger charge is -2.60. The van der Waals surface area contributed by atoms with Crippen LogP contribution in [0.5, 0.6) is 0 Å². The van der Waals surface area contributed by atoms with Gasteiger partial charge in [0, 0.05) is 18.3 Å². The van der Waals surface area contributed by atoms with Crippen LogP contribution in [0.3, 0.4) is 0 Å². The van der Waals surface area contributed by atoms with Crippen molar-refractivity contribution < 1.29 is 34.4 Å². The number of hydrogen-bond acceptors (Lipinski definition) is 7. The van der Waals surface area contributed by atoms with Crippen LogP contribution in [0.2, 0.25) is 0 Å². The molecule has 0 amide bonds. The van der Waals surface area contributed by atoms with Crippen LogP contribution in [0.15, 0.2) is 11.6 Å². The predicted octanol–water partition coefficient (Wildman–Crippen LogP) is 3.66. The summed E-state index contributed by atoms with van der Waals surface area (Å²) in [4.78, 5) is 35.0. The molecular formula is C29H44O7. The van der Waals surface area contributed by atoms with Crippen molar-refractivity contribution in [1.29, 1.82) is 0 Å². The first-order valence-electron chi connectivity index (χ1n) is 14.0. The van der Waals surface area contributed by atoms with Crippen LogP contribution in [0.1, 0.15) is 97.8 Å². The quantitative estimate of drug-likeness (QED) is 0.500. The third-order valence-electron chi connectivity index (χ3n) is 10.5. The molecule has 0 aromatic rings. The van der Waals surface area contributed by atoms with E-state index in [2.05, 4.69) is 6.92 Å². The molecule has 4 saturated carbocycles. The molecule has 202 valence electrons. The SMILES string of the molecule is CCC(=O)OC1CCCC1.C[C@]12CCC(=O)C=C1CC[C@@H]1[C@@H]2[C@@H](O)C[C@@]2(C)[C@H]1CC[C@]2(O)C(=O)CO. The number of carbonyl (C=O) groups excluding carboxylic acids is 3. The van der Waals surface area contributed by atoms with Crippen molar-refractivity contribution in [2.75, 3.05) is 6.61 Å². The molecule has 7 nitrogen and oxygen atoms in total. The van der Waals surface area contributed by atoms with Gasteiger partial charge in [0.05, 0.1) is 6.10 Å². The van der Waals surface area contributed by atoms with Crippen molar-refractivity contribution >= 4 is 17.5 Å². The maximum atomic E-state index is 12.4. The molecular weight excluding hydrogens is 460 g/mol. The van der Waals surface area contributed by atoms with E-state index in [-0.39, 0.29) is 41.0 Å². The van der Waals surface area contributed by atoms with Gasteiger partial charge in [-0.15, -0.1) is 0 Å². The van der Waals surface area contributed by atoms with Gasteiger partial charge in [0.25, 0.3) is 0 Å². The second-order valence-electron chi connectivity index (χ2n) is 12.3. The highest BCUT2D eigenvalue weighted by atomic mass is 16.5. The number of ether oxygens (including phenoxy) is 1. The summed E-state index contributed by atoms with van der Waals surface area (Å²) >= 11 is 0. The normalized spacial score (nSPS) is 41.8. The van der Waals surface area contributed by atoms with Gasteiger partial charge < -0.3 is 20.1 Å². The molecule has 0 heterocycles. The lowest BCUT2D eigenvalue weighted by molar-refractivity contribution is -0.182. The Morgan fingerprint density at radius 3 is 2.42 bits per heavy atom. The minimum Gasteiger partial charge on any atom is -0.462 e. The zero-order valence-electron chi connectivity index (χ0n) is 22.1. The third-order valence-corrected chi connectivity index (χ3v) is 10.5. The Morgan fingerprint density at radius 2 is 1.78 bits per heavy atom. The van der Waals surface area contributed by atoms with E-state index in [1.54, 1.807) is 6.08 Å². The van der Waals surface area contributed by atoms with E-state index in [9.17, 15) is 29.7 Å². The van der Waals surface area contributed by atoms with E-state index >= 15 is 0 Å². The first kappa shape index (κ1) is 27.5. The minimum absolute atomic E-state index is 0.0492. The van der Waals surface area contributed by atoms with Crippen LogP contribution in [0.25, 0.3) is 0 Å². The standard InChI is InChI=1S/C21H30O5.C8H14O2/c1-19-7-5-13(23)9-12(19)3-4-14-15-6-8-21(26,17(25)11-22)20(15,2)10-16(24)18(14)19;1-2-8(9)10-7-5-3-4-6-7/h9,14-16,18,22,24,26H,3-8,10-11H2,1-2H3;7H,2-6H2,1H3/t14-,15-,16-,18+,19-,20-,21-;/m0./s1. The fraction of sp³-hybridized carbons (Fsp3) is 0.828. The highest BCUT2D eigenvalue weighted by molar-refractivity contribution is 5.91. The van der Waals surface area contributed by atoms with E-state index in [1.807, 2.05) is 13.8 Å². The molecule has 0 spiro atoms. The van der Waals surface area contributed by atoms with Gasteiger partial charge in [-0.25, -0.2) is 0 Å². The summed E-state index contributed by atoms with van der Waals surface area (Å²) in [6, 6.07) is 0. The van der Waals surface area contributed by atoms with Crippen molar-refractivity contribution in [2.45, 2.75) is 116 Å². The summed E-state index contributed by atoms with van der Waals surface area (Å²) in [7, 11) is 0. The minimum atomic E-state index is -1.54. The number of hydrogen-bond donors (Lipinski definition) is 3. The van der Waals surface area contributed by atoms with Crippen molar-refractivity contribution in [3.05, 3.63) is 11.6 Å². The zero-order chi connectivity index (χ0) is 26.3. The summed E-state index contributed by atoms with van der Waals surface area (Å²) < 4.78 is 5.12. The number of Topliss-reactive ketones (excluding diaryl/α,β-unsaturated/α-hetero) is 1. The average molecular weight is 505 g/mol. The molecule has 0 aliphatic heterocycles. The number of rotatable bonds is 4. The van der Waals surface area contributed by atoms with E-state index < -0.39 is 29.5 Å². The Labute approximate surface area is 214 Å². The van der Waals surface area contributed by atoms with Gasteiger partial charge in [-0.3, -0.25) is 14.4 Å². The van der Waals surface area contributed by atoms with Crippen molar-refractivity contribution in [3.8, 4) is 0 Å². The molecule has 0 bridgehead atoms. The molecule has 7 heteroatoms. The number of aliphatic hydroxyl groups is 3. The first-order chi connectivity index (χ1) is 17.0.